The summed E-state index contributed by atoms with van der Waals surface area (Å²) in [6.45, 7) is 1.88. The number of aromatic nitrogens is 1. The Balaban J connectivity index is 1.23. The number of nitrogens with zero attached hydrogens (tertiary/aromatic N) is 2. The molecule has 3 aromatic rings. The molecule has 1 saturated carbocycles. The second kappa shape index (κ2) is 11.3. The van der Waals surface area contributed by atoms with Crippen LogP contribution in [0.3, 0.4) is 0 Å². The first-order valence-electron chi connectivity index (χ1n) is 13.1. The fourth-order valence-electron chi connectivity index (χ4n) is 5.36. The zero-order valence-corrected chi connectivity index (χ0v) is 21.5. The number of aliphatic carboxylic acids is 1. The third-order valence-electron chi connectivity index (χ3n) is 7.54. The molecule has 1 saturated heterocycles. The number of anilines is 2. The van der Waals surface area contributed by atoms with Gasteiger partial charge in [-0.25, -0.2) is 13.2 Å². The first kappa shape index (κ1) is 27.0. The fraction of sp³-hybridized carbons (Fsp3) is 0.464. The van der Waals surface area contributed by atoms with E-state index in [2.05, 4.69) is 10.3 Å². The molecule has 2 atom stereocenters. The van der Waals surface area contributed by atoms with Crippen molar-refractivity contribution in [3.8, 4) is 0 Å². The number of carboxylic acids is 1. The largest absolute Gasteiger partial charge is 0.481 e. The van der Waals surface area contributed by atoms with Gasteiger partial charge in [-0.1, -0.05) is 6.07 Å². The van der Waals surface area contributed by atoms with Crippen molar-refractivity contribution >= 4 is 34.7 Å². The van der Waals surface area contributed by atoms with Gasteiger partial charge in [0, 0.05) is 12.1 Å². The molecule has 1 amide bonds. The third kappa shape index (κ3) is 6.19. The van der Waals surface area contributed by atoms with Crippen LogP contribution in [0.25, 0.3) is 11.1 Å². The summed E-state index contributed by atoms with van der Waals surface area (Å²) in [6.07, 6.45) is 0.997. The monoisotopic (exact) mass is 545 g/mol. The molecule has 1 aromatic heterocycles. The molecule has 208 valence electrons. The van der Waals surface area contributed by atoms with Crippen LogP contribution in [0.4, 0.5) is 24.9 Å². The maximum absolute atomic E-state index is 14.9. The van der Waals surface area contributed by atoms with Crippen molar-refractivity contribution in [1.29, 1.82) is 0 Å². The van der Waals surface area contributed by atoms with Crippen molar-refractivity contribution in [2.75, 3.05) is 18.5 Å². The number of ether oxygens (including phenoxy) is 1. The molecule has 2 N–H and O–H groups in total. The van der Waals surface area contributed by atoms with E-state index in [0.29, 0.717) is 36.9 Å². The number of amides is 1. The summed E-state index contributed by atoms with van der Waals surface area (Å²) >= 11 is 0. The lowest BCUT2D eigenvalue weighted by molar-refractivity contribution is -0.144. The van der Waals surface area contributed by atoms with E-state index in [-0.39, 0.29) is 61.0 Å². The van der Waals surface area contributed by atoms with Gasteiger partial charge >= 0.3 is 5.97 Å². The molecule has 0 radical (unpaired) electrons. The summed E-state index contributed by atoms with van der Waals surface area (Å²) < 4.78 is 54.4. The van der Waals surface area contributed by atoms with Crippen molar-refractivity contribution in [3.63, 3.8) is 0 Å². The van der Waals surface area contributed by atoms with Gasteiger partial charge in [0.25, 0.3) is 6.01 Å². The molecule has 39 heavy (non-hydrogen) atoms. The smallest absolute Gasteiger partial charge is 0.306 e. The number of carbonyl (C=O) groups is 2. The summed E-state index contributed by atoms with van der Waals surface area (Å²) in [5, 5.41) is 12.0. The maximum atomic E-state index is 14.9. The fourth-order valence-corrected chi connectivity index (χ4v) is 5.36. The molecule has 1 aliphatic heterocycles. The average Bonchev–Trinajstić information content (AvgIpc) is 3.48. The van der Waals surface area contributed by atoms with E-state index in [9.17, 15) is 22.8 Å². The van der Waals surface area contributed by atoms with Crippen molar-refractivity contribution < 1.29 is 37.0 Å². The highest BCUT2D eigenvalue weighted by Crippen LogP contribution is 2.30. The van der Waals surface area contributed by atoms with E-state index in [4.69, 9.17) is 14.3 Å². The molecule has 2 heterocycles. The standard InChI is InChI=1S/C28H30F3N3O5/c1-15-2-5-18(29)12-23(15)32-28-33-26-22(31)8-16(9-24(26)39-28)10-25(35)34-13-19(30)11-20(34)14-38-21-6-3-17(4-7-21)27(36)37/h2,5,8-9,12,17,19-21H,3-4,6-7,10-11,13-14H2,1H3,(H,32,33)(H,36,37)/t17-,19-,20-,21-/m0/s1. The Morgan fingerprint density at radius 3 is 2.69 bits per heavy atom. The van der Waals surface area contributed by atoms with Crippen molar-refractivity contribution in [2.24, 2.45) is 5.92 Å². The van der Waals surface area contributed by atoms with Gasteiger partial charge in [-0.15, -0.1) is 0 Å². The Bertz CT molecular complexity index is 1370. The predicted molar refractivity (Wildman–Crippen MR) is 136 cm³/mol. The van der Waals surface area contributed by atoms with E-state index >= 15 is 0 Å². The van der Waals surface area contributed by atoms with Gasteiger partial charge in [-0.3, -0.25) is 9.59 Å². The van der Waals surface area contributed by atoms with E-state index < -0.39 is 29.8 Å². The van der Waals surface area contributed by atoms with Crippen LogP contribution in [0.5, 0.6) is 0 Å². The minimum absolute atomic E-state index is 0.0181. The molecule has 0 unspecified atom stereocenters. The molecular weight excluding hydrogens is 515 g/mol. The lowest BCUT2D eigenvalue weighted by atomic mass is 9.87. The van der Waals surface area contributed by atoms with Crippen LogP contribution in [-0.2, 0) is 20.7 Å². The number of carbonyl (C=O) groups excluding carboxylic acids is 1. The van der Waals surface area contributed by atoms with Gasteiger partial charge in [0.2, 0.25) is 5.91 Å². The highest BCUT2D eigenvalue weighted by Gasteiger charge is 2.36. The Kier molecular flexibility index (Phi) is 7.79. The second-order valence-corrected chi connectivity index (χ2v) is 10.4. The van der Waals surface area contributed by atoms with Crippen molar-refractivity contribution in [3.05, 3.63) is 53.1 Å². The molecule has 2 aromatic carbocycles. The van der Waals surface area contributed by atoms with Crippen molar-refractivity contribution in [2.45, 2.75) is 63.8 Å². The molecule has 2 aliphatic rings. The summed E-state index contributed by atoms with van der Waals surface area (Å²) in [7, 11) is 0. The normalized spacial score (nSPS) is 23.3. The number of alkyl halides is 1. The van der Waals surface area contributed by atoms with Crippen LogP contribution >= 0.6 is 0 Å². The number of halogens is 3. The molecule has 0 bridgehead atoms. The molecule has 2 fully saturated rings. The lowest BCUT2D eigenvalue weighted by Gasteiger charge is -2.29. The number of likely N-dealkylation sites (tertiary alicyclic amines) is 1. The zero-order valence-electron chi connectivity index (χ0n) is 21.5. The number of oxazole rings is 1. The number of hydrogen-bond acceptors (Lipinski definition) is 6. The third-order valence-corrected chi connectivity index (χ3v) is 7.54. The first-order valence-corrected chi connectivity index (χ1v) is 13.1. The Labute approximate surface area is 223 Å². The van der Waals surface area contributed by atoms with E-state index in [1.807, 2.05) is 0 Å². The van der Waals surface area contributed by atoms with Gasteiger partial charge in [0.05, 0.1) is 37.6 Å². The highest BCUT2D eigenvalue weighted by atomic mass is 19.1. The van der Waals surface area contributed by atoms with Gasteiger partial charge in [0.1, 0.15) is 17.5 Å². The van der Waals surface area contributed by atoms with Crippen LogP contribution in [-0.4, -0.2) is 58.3 Å². The summed E-state index contributed by atoms with van der Waals surface area (Å²) in [5.74, 6) is -2.63. The molecule has 11 heteroatoms. The molecule has 8 nitrogen and oxygen atoms in total. The van der Waals surface area contributed by atoms with Gasteiger partial charge in [-0.05, 0) is 68.0 Å². The molecule has 1 aliphatic carbocycles. The number of hydrogen-bond donors (Lipinski definition) is 2. The number of rotatable bonds is 8. The minimum Gasteiger partial charge on any atom is -0.481 e. The predicted octanol–water partition coefficient (Wildman–Crippen LogP) is 5.30. The summed E-state index contributed by atoms with van der Waals surface area (Å²) in [4.78, 5) is 29.8. The number of carboxylic acid groups (broad SMARTS) is 1. The second-order valence-electron chi connectivity index (χ2n) is 10.4. The SMILES string of the molecule is Cc1ccc(F)cc1Nc1nc2c(F)cc(CC(=O)N3C[C@@H](F)C[C@H]3CO[C@H]3CC[C@H](C(=O)O)CC3)cc2o1. The topological polar surface area (TPSA) is 105 Å². The van der Waals surface area contributed by atoms with Gasteiger partial charge < -0.3 is 24.5 Å². The highest BCUT2D eigenvalue weighted by molar-refractivity contribution is 5.82. The quantitative estimate of drug-likeness (QED) is 0.396. The molecule has 5 rings (SSSR count). The van der Waals surface area contributed by atoms with Crippen LogP contribution in [0.2, 0.25) is 0 Å². The summed E-state index contributed by atoms with van der Waals surface area (Å²) in [6, 6.07) is 6.44. The number of fused-ring (bicyclic) bond motifs is 1. The lowest BCUT2D eigenvalue weighted by Crippen LogP contribution is -2.40. The number of aryl methyl sites for hydroxylation is 1. The van der Waals surface area contributed by atoms with Gasteiger partial charge in [-0.2, -0.15) is 4.98 Å². The average molecular weight is 546 g/mol. The maximum Gasteiger partial charge on any atom is 0.306 e. The molecular formula is C28H30F3N3O5. The Hall–Kier alpha value is -3.60. The van der Waals surface area contributed by atoms with Gasteiger partial charge in [0.15, 0.2) is 11.4 Å². The number of benzene rings is 2. The van der Waals surface area contributed by atoms with Crippen LogP contribution in [0.1, 0.15) is 43.2 Å². The minimum atomic E-state index is -1.18. The summed E-state index contributed by atoms with van der Waals surface area (Å²) in [5.41, 5.74) is 1.61. The van der Waals surface area contributed by atoms with E-state index in [1.54, 1.807) is 13.0 Å². The zero-order chi connectivity index (χ0) is 27.7. The van der Waals surface area contributed by atoms with Crippen molar-refractivity contribution in [1.82, 2.24) is 9.88 Å². The Morgan fingerprint density at radius 2 is 1.95 bits per heavy atom. The first-order chi connectivity index (χ1) is 18.7. The Morgan fingerprint density at radius 1 is 1.18 bits per heavy atom. The number of nitrogens with one attached hydrogen (secondary N) is 1. The molecule has 0 spiro atoms. The van der Waals surface area contributed by atoms with Crippen LogP contribution in [0, 0.1) is 24.5 Å². The van der Waals surface area contributed by atoms with E-state index in [0.717, 1.165) is 5.56 Å². The van der Waals surface area contributed by atoms with E-state index in [1.165, 1.54) is 29.2 Å². The van der Waals surface area contributed by atoms with Crippen LogP contribution in [0.15, 0.2) is 34.7 Å². The van der Waals surface area contributed by atoms with Crippen LogP contribution < -0.4 is 5.32 Å².